The second-order valence-electron chi connectivity index (χ2n) is 5.39. The highest BCUT2D eigenvalue weighted by Crippen LogP contribution is 2.25. The Morgan fingerprint density at radius 1 is 1.30 bits per heavy atom. The maximum Gasteiger partial charge on any atom is 0.346 e. The minimum Gasteiger partial charge on any atom is -0.359 e. The van der Waals surface area contributed by atoms with Gasteiger partial charge in [0.15, 0.2) is 0 Å². The average Bonchev–Trinajstić information content (AvgIpc) is 2.46. The van der Waals surface area contributed by atoms with Gasteiger partial charge >= 0.3 is 5.69 Å². The predicted octanol–water partition coefficient (Wildman–Crippen LogP) is 1.44. The zero-order valence-corrected chi connectivity index (χ0v) is 12.1. The molecule has 0 aliphatic heterocycles. The molecule has 1 aliphatic carbocycles. The lowest BCUT2D eigenvalue weighted by Crippen LogP contribution is -2.35. The molecule has 20 heavy (non-hydrogen) atoms. The summed E-state index contributed by atoms with van der Waals surface area (Å²) in [5.74, 6) is 0.759. The van der Waals surface area contributed by atoms with Crippen LogP contribution < -0.4 is 11.2 Å². The fourth-order valence-corrected chi connectivity index (χ4v) is 2.67. The molecule has 1 heterocycles. The third-order valence-corrected chi connectivity index (χ3v) is 3.90. The van der Waals surface area contributed by atoms with Gasteiger partial charge in [-0.15, -0.1) is 0 Å². The van der Waals surface area contributed by atoms with Crippen LogP contribution in [0.2, 0.25) is 0 Å². The Morgan fingerprint density at radius 2 is 2.05 bits per heavy atom. The summed E-state index contributed by atoms with van der Waals surface area (Å²) in [7, 11) is 0. The van der Waals surface area contributed by atoms with Gasteiger partial charge in [-0.05, 0) is 18.8 Å². The van der Waals surface area contributed by atoms with Gasteiger partial charge in [0.05, 0.1) is 0 Å². The number of hydrogen-bond acceptors (Lipinski definition) is 4. The highest BCUT2D eigenvalue weighted by Gasteiger charge is 2.13. The number of aromatic amines is 1. The number of H-pyrrole nitrogens is 1. The Bertz CT molecular complexity index is 529. The van der Waals surface area contributed by atoms with Crippen molar-refractivity contribution in [2.75, 3.05) is 6.61 Å². The van der Waals surface area contributed by atoms with Gasteiger partial charge in [-0.1, -0.05) is 39.0 Å². The Hall–Kier alpha value is -1.43. The van der Waals surface area contributed by atoms with Gasteiger partial charge in [0.25, 0.3) is 5.56 Å². The Morgan fingerprint density at radius 3 is 2.75 bits per heavy atom. The molecule has 112 valence electrons. The number of hydrogen-bond donors (Lipinski definition) is 1. The van der Waals surface area contributed by atoms with Crippen LogP contribution in [-0.2, 0) is 17.9 Å². The van der Waals surface area contributed by atoms with Crippen LogP contribution in [0.5, 0.6) is 0 Å². The largest absolute Gasteiger partial charge is 0.359 e. The zero-order chi connectivity index (χ0) is 14.4. The van der Waals surface area contributed by atoms with E-state index >= 15 is 0 Å². The first-order valence-corrected chi connectivity index (χ1v) is 7.48. The molecule has 1 aromatic rings. The number of nitrogens with zero attached hydrogens (tertiary/aromatic N) is 2. The minimum atomic E-state index is -0.509. The van der Waals surface area contributed by atoms with Gasteiger partial charge in [0.1, 0.15) is 12.4 Å². The average molecular weight is 281 g/mol. The van der Waals surface area contributed by atoms with Crippen molar-refractivity contribution in [3.63, 3.8) is 0 Å². The minimum absolute atomic E-state index is 0.106. The van der Waals surface area contributed by atoms with Crippen molar-refractivity contribution in [3.8, 4) is 0 Å². The maximum atomic E-state index is 11.6. The molecule has 0 atom stereocenters. The van der Waals surface area contributed by atoms with Gasteiger partial charge in [-0.2, -0.15) is 9.78 Å². The lowest BCUT2D eigenvalue weighted by molar-refractivity contribution is 0.0513. The molecular weight excluding hydrogens is 258 g/mol. The van der Waals surface area contributed by atoms with E-state index in [9.17, 15) is 9.59 Å². The summed E-state index contributed by atoms with van der Waals surface area (Å²) in [6.07, 6.45) is 8.13. The van der Waals surface area contributed by atoms with E-state index in [0.717, 1.165) is 12.3 Å². The van der Waals surface area contributed by atoms with Crippen molar-refractivity contribution in [2.24, 2.45) is 5.92 Å². The lowest BCUT2D eigenvalue weighted by atomic mass is 9.87. The third kappa shape index (κ3) is 4.03. The molecule has 0 unspecified atom stereocenters. The molecule has 1 aliphatic rings. The summed E-state index contributed by atoms with van der Waals surface area (Å²) >= 11 is 0. The van der Waals surface area contributed by atoms with Crippen molar-refractivity contribution in [1.82, 2.24) is 14.8 Å². The molecule has 1 N–H and O–H groups in total. The third-order valence-electron chi connectivity index (χ3n) is 3.90. The molecule has 1 saturated carbocycles. The molecule has 2 rings (SSSR count). The second-order valence-corrected chi connectivity index (χ2v) is 5.39. The smallest absolute Gasteiger partial charge is 0.346 e. The number of nitrogens with one attached hydrogen (secondary N) is 1. The highest BCUT2D eigenvalue weighted by molar-refractivity contribution is 4.91. The first-order chi connectivity index (χ1) is 9.70. The van der Waals surface area contributed by atoms with E-state index in [0.29, 0.717) is 18.7 Å². The van der Waals surface area contributed by atoms with Crippen LogP contribution in [0.15, 0.2) is 9.59 Å². The van der Waals surface area contributed by atoms with Crippen LogP contribution in [0, 0.1) is 5.92 Å². The Balaban J connectivity index is 1.81. The Labute approximate surface area is 118 Å². The van der Waals surface area contributed by atoms with Crippen LogP contribution in [0.25, 0.3) is 0 Å². The SMILES string of the molecule is CCc1nn(COCCC2CCCCC2)c(=O)[nH]c1=O. The number of ether oxygens (including phenoxy) is 1. The summed E-state index contributed by atoms with van der Waals surface area (Å²) < 4.78 is 6.70. The van der Waals surface area contributed by atoms with Crippen molar-refractivity contribution >= 4 is 0 Å². The Kier molecular flexibility index (Phi) is 5.52. The number of aromatic nitrogens is 3. The van der Waals surface area contributed by atoms with Crippen LogP contribution in [0.1, 0.15) is 51.1 Å². The second kappa shape index (κ2) is 7.38. The van der Waals surface area contributed by atoms with E-state index < -0.39 is 11.2 Å². The van der Waals surface area contributed by atoms with Crippen LogP contribution in [0.4, 0.5) is 0 Å². The summed E-state index contributed by atoms with van der Waals surface area (Å²) in [5, 5.41) is 4.01. The molecule has 6 nitrogen and oxygen atoms in total. The van der Waals surface area contributed by atoms with E-state index in [4.69, 9.17) is 4.74 Å². The highest BCUT2D eigenvalue weighted by atomic mass is 16.5. The monoisotopic (exact) mass is 281 g/mol. The van der Waals surface area contributed by atoms with Crippen LogP contribution in [-0.4, -0.2) is 21.4 Å². The topological polar surface area (TPSA) is 77.0 Å². The number of aryl methyl sites for hydroxylation is 1. The van der Waals surface area contributed by atoms with Crippen LogP contribution in [0.3, 0.4) is 0 Å². The van der Waals surface area contributed by atoms with E-state index in [2.05, 4.69) is 10.1 Å². The molecule has 0 spiro atoms. The van der Waals surface area contributed by atoms with Gasteiger partial charge in [-0.3, -0.25) is 9.78 Å². The molecule has 6 heteroatoms. The lowest BCUT2D eigenvalue weighted by Gasteiger charge is -2.21. The number of rotatable bonds is 6. The van der Waals surface area contributed by atoms with Crippen molar-refractivity contribution in [3.05, 3.63) is 26.5 Å². The summed E-state index contributed by atoms with van der Waals surface area (Å²) in [5.41, 5.74) is -0.554. The fraction of sp³-hybridized carbons (Fsp3) is 0.786. The summed E-state index contributed by atoms with van der Waals surface area (Å²) in [6.45, 7) is 2.57. The van der Waals surface area contributed by atoms with E-state index in [-0.39, 0.29) is 6.73 Å². The van der Waals surface area contributed by atoms with E-state index in [1.54, 1.807) is 0 Å². The molecule has 0 aromatic carbocycles. The van der Waals surface area contributed by atoms with E-state index in [1.165, 1.54) is 36.8 Å². The summed E-state index contributed by atoms with van der Waals surface area (Å²) in [6, 6.07) is 0. The quantitative estimate of drug-likeness (QED) is 0.800. The summed E-state index contributed by atoms with van der Waals surface area (Å²) in [4.78, 5) is 25.2. The molecule has 1 aromatic heterocycles. The van der Waals surface area contributed by atoms with Crippen LogP contribution >= 0.6 is 0 Å². The first kappa shape index (κ1) is 15.0. The van der Waals surface area contributed by atoms with Gasteiger partial charge in [0, 0.05) is 6.61 Å². The molecule has 0 bridgehead atoms. The zero-order valence-electron chi connectivity index (χ0n) is 12.1. The van der Waals surface area contributed by atoms with Gasteiger partial charge in [0.2, 0.25) is 0 Å². The fourth-order valence-electron chi connectivity index (χ4n) is 2.67. The molecule has 0 amide bonds. The predicted molar refractivity (Wildman–Crippen MR) is 75.6 cm³/mol. The van der Waals surface area contributed by atoms with Crippen molar-refractivity contribution in [1.29, 1.82) is 0 Å². The standard InChI is InChI=1S/C14H23N3O3/c1-2-12-13(18)15-14(19)17(16-12)10-20-9-8-11-6-4-3-5-7-11/h11H,2-10H2,1H3,(H,15,18,19). The molecule has 0 saturated heterocycles. The van der Waals surface area contributed by atoms with Gasteiger partial charge in [-0.25, -0.2) is 4.79 Å². The van der Waals surface area contributed by atoms with Crippen molar-refractivity contribution < 1.29 is 4.74 Å². The van der Waals surface area contributed by atoms with Gasteiger partial charge < -0.3 is 4.74 Å². The van der Waals surface area contributed by atoms with E-state index in [1.807, 2.05) is 6.92 Å². The first-order valence-electron chi connectivity index (χ1n) is 7.48. The normalized spacial score (nSPS) is 16.4. The molecule has 1 fully saturated rings. The molecule has 0 radical (unpaired) electrons. The maximum absolute atomic E-state index is 11.6. The van der Waals surface area contributed by atoms with Crippen molar-refractivity contribution in [2.45, 2.75) is 58.6 Å². The molecular formula is C14H23N3O3.